The molecule has 1 amide bonds. The first-order chi connectivity index (χ1) is 12.4. The van der Waals surface area contributed by atoms with Crippen LogP contribution in [0.15, 0.2) is 24.3 Å². The van der Waals surface area contributed by atoms with Gasteiger partial charge in [0.25, 0.3) is 0 Å². The van der Waals surface area contributed by atoms with Crippen molar-refractivity contribution in [3.8, 4) is 5.75 Å². The fourth-order valence-corrected chi connectivity index (χ4v) is 2.74. The van der Waals surface area contributed by atoms with E-state index in [0.717, 1.165) is 17.7 Å². The van der Waals surface area contributed by atoms with E-state index in [9.17, 15) is 9.59 Å². The normalized spacial score (nSPS) is 17.6. The summed E-state index contributed by atoms with van der Waals surface area (Å²) in [4.78, 5) is 25.7. The highest BCUT2D eigenvalue weighted by molar-refractivity contribution is 5.73. The topological polar surface area (TPSA) is 65.1 Å². The quantitative estimate of drug-likeness (QED) is 0.743. The lowest BCUT2D eigenvalue weighted by atomic mass is 10.1. The van der Waals surface area contributed by atoms with E-state index < -0.39 is 11.2 Å². The van der Waals surface area contributed by atoms with Gasteiger partial charge in [0, 0.05) is 13.0 Å². The monoisotopic (exact) mass is 377 g/mol. The summed E-state index contributed by atoms with van der Waals surface area (Å²) in [7, 11) is 0. The summed E-state index contributed by atoms with van der Waals surface area (Å²) in [6.45, 7) is 12.2. The van der Waals surface area contributed by atoms with Crippen molar-refractivity contribution in [2.24, 2.45) is 0 Å². The predicted octanol–water partition coefficient (Wildman–Crippen LogP) is 3.96. The van der Waals surface area contributed by atoms with Crippen molar-refractivity contribution in [3.63, 3.8) is 0 Å². The molecule has 1 aliphatic rings. The van der Waals surface area contributed by atoms with Gasteiger partial charge in [-0.1, -0.05) is 12.1 Å². The third-order valence-corrected chi connectivity index (χ3v) is 3.79. The summed E-state index contributed by atoms with van der Waals surface area (Å²) in [6.07, 6.45) is 0.627. The maximum atomic E-state index is 12.1. The summed E-state index contributed by atoms with van der Waals surface area (Å²) in [5.41, 5.74) is -0.110. The van der Waals surface area contributed by atoms with Crippen molar-refractivity contribution >= 4 is 12.1 Å². The molecule has 1 aromatic rings. The SMILES string of the molecule is CC(C)(C)OC(=O)Cc1ccc(O[C@H]2CCN(C(=O)OC(C)(C)C)C2)cc1. The molecule has 0 bridgehead atoms. The van der Waals surface area contributed by atoms with Crippen LogP contribution in [0.4, 0.5) is 4.79 Å². The van der Waals surface area contributed by atoms with Crippen LogP contribution in [0.3, 0.4) is 0 Å². The highest BCUT2D eigenvalue weighted by Crippen LogP contribution is 2.21. The Morgan fingerprint density at radius 1 is 1.00 bits per heavy atom. The van der Waals surface area contributed by atoms with Crippen LogP contribution in [-0.2, 0) is 20.7 Å². The van der Waals surface area contributed by atoms with Gasteiger partial charge in [-0.05, 0) is 59.2 Å². The fourth-order valence-electron chi connectivity index (χ4n) is 2.74. The van der Waals surface area contributed by atoms with Gasteiger partial charge in [-0.15, -0.1) is 0 Å². The van der Waals surface area contributed by atoms with E-state index in [4.69, 9.17) is 14.2 Å². The first-order valence-corrected chi connectivity index (χ1v) is 9.37. The van der Waals surface area contributed by atoms with Crippen molar-refractivity contribution in [2.75, 3.05) is 13.1 Å². The highest BCUT2D eigenvalue weighted by Gasteiger charge is 2.30. The Bertz CT molecular complexity index is 655. The summed E-state index contributed by atoms with van der Waals surface area (Å²) in [6, 6.07) is 7.41. The Labute approximate surface area is 161 Å². The third-order valence-electron chi connectivity index (χ3n) is 3.79. The molecule has 0 aromatic heterocycles. The maximum absolute atomic E-state index is 12.1. The molecule has 0 aliphatic carbocycles. The summed E-state index contributed by atoms with van der Waals surface area (Å²) < 4.78 is 16.7. The van der Waals surface area contributed by atoms with Gasteiger partial charge in [0.05, 0.1) is 13.0 Å². The van der Waals surface area contributed by atoms with Crippen LogP contribution in [0.25, 0.3) is 0 Å². The maximum Gasteiger partial charge on any atom is 0.410 e. The van der Waals surface area contributed by atoms with Gasteiger partial charge in [0.2, 0.25) is 0 Å². The average molecular weight is 377 g/mol. The number of benzene rings is 1. The van der Waals surface area contributed by atoms with E-state index in [2.05, 4.69) is 0 Å². The van der Waals surface area contributed by atoms with Crippen LogP contribution in [0, 0.1) is 0 Å². The number of ether oxygens (including phenoxy) is 3. The molecule has 1 heterocycles. The first-order valence-electron chi connectivity index (χ1n) is 9.37. The molecule has 1 saturated heterocycles. The molecule has 1 aromatic carbocycles. The van der Waals surface area contributed by atoms with Crippen molar-refractivity contribution in [1.29, 1.82) is 0 Å². The number of carbonyl (C=O) groups excluding carboxylic acids is 2. The number of amides is 1. The first kappa shape index (κ1) is 21.1. The standard InChI is InChI=1S/C21H31NO5/c1-20(2,3)26-18(23)13-15-7-9-16(10-8-15)25-17-11-12-22(14-17)19(24)27-21(4,5)6/h7-10,17H,11-14H2,1-6H3/t17-/m0/s1. The largest absolute Gasteiger partial charge is 0.489 e. The number of carbonyl (C=O) groups is 2. The molecule has 1 aliphatic heterocycles. The Balaban J connectivity index is 1.83. The summed E-state index contributed by atoms with van der Waals surface area (Å²) in [5, 5.41) is 0. The van der Waals surface area contributed by atoms with Gasteiger partial charge in [-0.25, -0.2) is 4.79 Å². The lowest BCUT2D eigenvalue weighted by Gasteiger charge is -2.24. The molecule has 6 nitrogen and oxygen atoms in total. The zero-order valence-electron chi connectivity index (χ0n) is 17.2. The lowest BCUT2D eigenvalue weighted by Crippen LogP contribution is -2.36. The second kappa shape index (κ2) is 8.19. The third kappa shape index (κ3) is 7.49. The van der Waals surface area contributed by atoms with E-state index in [1.807, 2.05) is 65.8 Å². The smallest absolute Gasteiger partial charge is 0.410 e. The minimum Gasteiger partial charge on any atom is -0.489 e. The van der Waals surface area contributed by atoms with E-state index in [0.29, 0.717) is 13.1 Å². The van der Waals surface area contributed by atoms with Crippen LogP contribution < -0.4 is 4.74 Å². The Hall–Kier alpha value is -2.24. The van der Waals surface area contributed by atoms with Crippen molar-refractivity contribution in [1.82, 2.24) is 4.90 Å². The summed E-state index contributed by atoms with van der Waals surface area (Å²) >= 11 is 0. The van der Waals surface area contributed by atoms with E-state index in [1.54, 1.807) is 4.90 Å². The minimum absolute atomic E-state index is 0.0609. The predicted molar refractivity (Wildman–Crippen MR) is 103 cm³/mol. The van der Waals surface area contributed by atoms with E-state index in [-0.39, 0.29) is 24.6 Å². The second-order valence-corrected chi connectivity index (χ2v) is 8.86. The lowest BCUT2D eigenvalue weighted by molar-refractivity contribution is -0.153. The number of nitrogens with zero attached hydrogens (tertiary/aromatic N) is 1. The molecule has 2 rings (SSSR count). The number of hydrogen-bond donors (Lipinski definition) is 0. The zero-order valence-corrected chi connectivity index (χ0v) is 17.2. The molecule has 6 heteroatoms. The number of esters is 1. The number of rotatable bonds is 4. The Kier molecular flexibility index (Phi) is 6.39. The molecule has 0 radical (unpaired) electrons. The molecular weight excluding hydrogens is 346 g/mol. The van der Waals surface area contributed by atoms with Crippen LogP contribution in [-0.4, -0.2) is 47.4 Å². The van der Waals surface area contributed by atoms with Crippen LogP contribution in [0.1, 0.15) is 53.5 Å². The molecule has 0 saturated carbocycles. The second-order valence-electron chi connectivity index (χ2n) is 8.86. The molecule has 1 atom stereocenters. The van der Waals surface area contributed by atoms with Gasteiger partial charge in [0.1, 0.15) is 23.1 Å². The average Bonchev–Trinajstić information content (AvgIpc) is 2.94. The molecule has 0 N–H and O–H groups in total. The van der Waals surface area contributed by atoms with Crippen LogP contribution in [0.5, 0.6) is 5.75 Å². The van der Waals surface area contributed by atoms with E-state index in [1.165, 1.54) is 0 Å². The van der Waals surface area contributed by atoms with Crippen molar-refractivity contribution < 1.29 is 23.8 Å². The molecular formula is C21H31NO5. The zero-order chi connectivity index (χ0) is 20.2. The number of hydrogen-bond acceptors (Lipinski definition) is 5. The van der Waals surface area contributed by atoms with Gasteiger partial charge in [0.15, 0.2) is 0 Å². The van der Waals surface area contributed by atoms with Crippen molar-refractivity contribution in [2.45, 2.75) is 71.7 Å². The fraction of sp³-hybridized carbons (Fsp3) is 0.619. The molecule has 0 spiro atoms. The number of likely N-dealkylation sites (tertiary alicyclic amines) is 1. The molecule has 27 heavy (non-hydrogen) atoms. The van der Waals surface area contributed by atoms with Gasteiger partial charge in [-0.2, -0.15) is 0 Å². The van der Waals surface area contributed by atoms with Gasteiger partial charge < -0.3 is 19.1 Å². The van der Waals surface area contributed by atoms with Crippen LogP contribution >= 0.6 is 0 Å². The Morgan fingerprint density at radius 3 is 2.15 bits per heavy atom. The van der Waals surface area contributed by atoms with E-state index >= 15 is 0 Å². The van der Waals surface area contributed by atoms with Crippen LogP contribution in [0.2, 0.25) is 0 Å². The summed E-state index contributed by atoms with van der Waals surface area (Å²) in [5.74, 6) is 0.471. The molecule has 0 unspecified atom stereocenters. The highest BCUT2D eigenvalue weighted by atomic mass is 16.6. The molecule has 1 fully saturated rings. The van der Waals surface area contributed by atoms with Crippen molar-refractivity contribution in [3.05, 3.63) is 29.8 Å². The Morgan fingerprint density at radius 2 is 1.59 bits per heavy atom. The van der Waals surface area contributed by atoms with Gasteiger partial charge in [-0.3, -0.25) is 4.79 Å². The minimum atomic E-state index is -0.500. The van der Waals surface area contributed by atoms with Gasteiger partial charge >= 0.3 is 12.1 Å². The molecule has 150 valence electrons.